The topological polar surface area (TPSA) is 78.6 Å². The van der Waals surface area contributed by atoms with E-state index in [1.165, 1.54) is 0 Å². The normalized spacial score (nSPS) is 12.0. The minimum absolute atomic E-state index is 0.133. The quantitative estimate of drug-likeness (QED) is 0.418. The second kappa shape index (κ2) is 13.9. The molecule has 1 unspecified atom stereocenters. The molecule has 0 radical (unpaired) electrons. The van der Waals surface area contributed by atoms with Crippen LogP contribution in [0.5, 0.6) is 0 Å². The zero-order chi connectivity index (χ0) is 15.9. The van der Waals surface area contributed by atoms with Crippen molar-refractivity contribution in [2.75, 3.05) is 13.2 Å². The standard InChI is InChI=1S/C16H31NO4/c1-3-5-12-20-15(18)11-9-7-8-10-14(17)16(19)21-13-6-4-2/h14H,3-13,17H2,1-2H3. The van der Waals surface area contributed by atoms with E-state index in [0.29, 0.717) is 26.1 Å². The molecule has 0 saturated carbocycles. The summed E-state index contributed by atoms with van der Waals surface area (Å²) < 4.78 is 10.1. The summed E-state index contributed by atoms with van der Waals surface area (Å²) in [5.41, 5.74) is 5.76. The molecule has 124 valence electrons. The minimum atomic E-state index is -0.543. The van der Waals surface area contributed by atoms with Gasteiger partial charge in [-0.3, -0.25) is 9.59 Å². The maximum atomic E-state index is 11.5. The van der Waals surface area contributed by atoms with Crippen LogP contribution in [0.2, 0.25) is 0 Å². The Labute approximate surface area is 128 Å². The third-order valence-corrected chi connectivity index (χ3v) is 3.20. The predicted molar refractivity (Wildman–Crippen MR) is 82.8 cm³/mol. The second-order valence-corrected chi connectivity index (χ2v) is 5.30. The van der Waals surface area contributed by atoms with Crippen molar-refractivity contribution < 1.29 is 19.1 Å². The average molecular weight is 301 g/mol. The number of ether oxygens (including phenoxy) is 2. The van der Waals surface area contributed by atoms with E-state index < -0.39 is 6.04 Å². The first-order valence-corrected chi connectivity index (χ1v) is 8.19. The number of carbonyl (C=O) groups excluding carboxylic acids is 2. The third kappa shape index (κ3) is 12.4. The van der Waals surface area contributed by atoms with Gasteiger partial charge in [0.15, 0.2) is 0 Å². The largest absolute Gasteiger partial charge is 0.466 e. The smallest absolute Gasteiger partial charge is 0.322 e. The Morgan fingerprint density at radius 1 is 0.905 bits per heavy atom. The summed E-state index contributed by atoms with van der Waals surface area (Å²) in [5, 5.41) is 0. The van der Waals surface area contributed by atoms with Gasteiger partial charge in [-0.25, -0.2) is 0 Å². The number of carbonyl (C=O) groups is 2. The molecule has 5 heteroatoms. The lowest BCUT2D eigenvalue weighted by molar-refractivity contribution is -0.146. The molecule has 0 aromatic rings. The van der Waals surface area contributed by atoms with Crippen LogP contribution in [-0.2, 0) is 19.1 Å². The number of nitrogens with two attached hydrogens (primary N) is 1. The van der Waals surface area contributed by atoms with Gasteiger partial charge in [-0.15, -0.1) is 0 Å². The molecule has 0 rings (SSSR count). The molecule has 0 heterocycles. The molecule has 1 atom stereocenters. The van der Waals surface area contributed by atoms with Gasteiger partial charge >= 0.3 is 11.9 Å². The zero-order valence-electron chi connectivity index (χ0n) is 13.6. The molecule has 0 aromatic carbocycles. The molecule has 0 bridgehead atoms. The highest BCUT2D eigenvalue weighted by Crippen LogP contribution is 2.07. The molecular weight excluding hydrogens is 270 g/mol. The fourth-order valence-electron chi connectivity index (χ4n) is 1.75. The highest BCUT2D eigenvalue weighted by Gasteiger charge is 2.14. The molecule has 21 heavy (non-hydrogen) atoms. The van der Waals surface area contributed by atoms with Crippen molar-refractivity contribution in [1.82, 2.24) is 0 Å². The Hall–Kier alpha value is -1.10. The molecule has 5 nitrogen and oxygen atoms in total. The summed E-state index contributed by atoms with van der Waals surface area (Å²) in [6.45, 7) is 5.07. The highest BCUT2D eigenvalue weighted by atomic mass is 16.5. The van der Waals surface area contributed by atoms with Gasteiger partial charge in [-0.05, 0) is 25.7 Å². The molecule has 0 saturated heterocycles. The Bertz CT molecular complexity index is 281. The molecule has 0 spiro atoms. The van der Waals surface area contributed by atoms with Crippen LogP contribution >= 0.6 is 0 Å². The van der Waals surface area contributed by atoms with E-state index in [1.807, 2.05) is 6.92 Å². The van der Waals surface area contributed by atoms with Crippen molar-refractivity contribution in [3.05, 3.63) is 0 Å². The summed E-state index contributed by atoms with van der Waals surface area (Å²) in [6, 6.07) is -0.543. The van der Waals surface area contributed by atoms with Crippen molar-refractivity contribution >= 4 is 11.9 Å². The molecule has 0 aliphatic carbocycles. The fraction of sp³-hybridized carbons (Fsp3) is 0.875. The molecule has 0 aliphatic rings. The number of esters is 2. The summed E-state index contributed by atoms with van der Waals surface area (Å²) in [4.78, 5) is 22.9. The van der Waals surface area contributed by atoms with Crippen LogP contribution in [0.1, 0.15) is 71.6 Å². The van der Waals surface area contributed by atoms with E-state index in [0.717, 1.165) is 44.9 Å². The summed E-state index contributed by atoms with van der Waals surface area (Å²) in [7, 11) is 0. The summed E-state index contributed by atoms with van der Waals surface area (Å²) in [5.74, 6) is -0.450. The maximum absolute atomic E-state index is 11.5. The van der Waals surface area contributed by atoms with Gasteiger partial charge in [0.25, 0.3) is 0 Å². The first-order valence-electron chi connectivity index (χ1n) is 8.19. The first-order chi connectivity index (χ1) is 10.1. The Morgan fingerprint density at radius 2 is 1.52 bits per heavy atom. The van der Waals surface area contributed by atoms with E-state index >= 15 is 0 Å². The monoisotopic (exact) mass is 301 g/mol. The Balaban J connectivity index is 3.48. The van der Waals surface area contributed by atoms with Crippen LogP contribution in [0.3, 0.4) is 0 Å². The van der Waals surface area contributed by atoms with Gasteiger partial charge in [0, 0.05) is 6.42 Å². The first kappa shape index (κ1) is 19.9. The molecule has 0 amide bonds. The Morgan fingerprint density at radius 3 is 2.14 bits per heavy atom. The van der Waals surface area contributed by atoms with Gasteiger partial charge in [-0.2, -0.15) is 0 Å². The van der Waals surface area contributed by atoms with E-state index in [2.05, 4.69) is 6.92 Å². The average Bonchev–Trinajstić information content (AvgIpc) is 2.47. The lowest BCUT2D eigenvalue weighted by Gasteiger charge is -2.11. The van der Waals surface area contributed by atoms with E-state index in [9.17, 15) is 9.59 Å². The van der Waals surface area contributed by atoms with Crippen molar-refractivity contribution in [1.29, 1.82) is 0 Å². The van der Waals surface area contributed by atoms with Crippen LogP contribution < -0.4 is 5.73 Å². The minimum Gasteiger partial charge on any atom is -0.466 e. The number of rotatable bonds is 13. The number of hydrogen-bond donors (Lipinski definition) is 1. The highest BCUT2D eigenvalue weighted by molar-refractivity contribution is 5.75. The van der Waals surface area contributed by atoms with Crippen LogP contribution in [0.4, 0.5) is 0 Å². The second-order valence-electron chi connectivity index (χ2n) is 5.30. The van der Waals surface area contributed by atoms with E-state index in [-0.39, 0.29) is 11.9 Å². The van der Waals surface area contributed by atoms with Crippen molar-refractivity contribution in [2.24, 2.45) is 5.73 Å². The SMILES string of the molecule is CCCCOC(=O)CCCCCC(N)C(=O)OCCCC. The van der Waals surface area contributed by atoms with Gasteiger partial charge in [0.2, 0.25) is 0 Å². The zero-order valence-corrected chi connectivity index (χ0v) is 13.6. The van der Waals surface area contributed by atoms with Crippen LogP contribution in [-0.4, -0.2) is 31.2 Å². The maximum Gasteiger partial charge on any atom is 0.322 e. The van der Waals surface area contributed by atoms with E-state index in [4.69, 9.17) is 15.2 Å². The van der Waals surface area contributed by atoms with Gasteiger partial charge < -0.3 is 15.2 Å². The lowest BCUT2D eigenvalue weighted by atomic mass is 10.1. The van der Waals surface area contributed by atoms with E-state index in [1.54, 1.807) is 0 Å². The molecule has 0 fully saturated rings. The molecule has 0 aliphatic heterocycles. The summed E-state index contributed by atoms with van der Waals surface area (Å²) >= 11 is 0. The van der Waals surface area contributed by atoms with Crippen LogP contribution in [0.15, 0.2) is 0 Å². The van der Waals surface area contributed by atoms with Gasteiger partial charge in [0.1, 0.15) is 6.04 Å². The number of unbranched alkanes of at least 4 members (excludes halogenated alkanes) is 4. The summed E-state index contributed by atoms with van der Waals surface area (Å²) in [6.07, 6.45) is 7.35. The predicted octanol–water partition coefficient (Wildman–Crippen LogP) is 2.95. The fourth-order valence-corrected chi connectivity index (χ4v) is 1.75. The molecule has 0 aromatic heterocycles. The Kier molecular flexibility index (Phi) is 13.1. The van der Waals surface area contributed by atoms with Crippen molar-refractivity contribution in [3.63, 3.8) is 0 Å². The number of hydrogen-bond acceptors (Lipinski definition) is 5. The molecular formula is C16H31NO4. The molecule has 2 N–H and O–H groups in total. The van der Waals surface area contributed by atoms with Crippen molar-refractivity contribution in [2.45, 2.75) is 77.7 Å². The van der Waals surface area contributed by atoms with Crippen molar-refractivity contribution in [3.8, 4) is 0 Å². The van der Waals surface area contributed by atoms with Crippen LogP contribution in [0, 0.1) is 0 Å². The van der Waals surface area contributed by atoms with Crippen LogP contribution in [0.25, 0.3) is 0 Å². The lowest BCUT2D eigenvalue weighted by Crippen LogP contribution is -2.32. The third-order valence-electron chi connectivity index (χ3n) is 3.20. The van der Waals surface area contributed by atoms with Gasteiger partial charge in [0.05, 0.1) is 13.2 Å². The van der Waals surface area contributed by atoms with Gasteiger partial charge in [-0.1, -0.05) is 39.5 Å².